The summed E-state index contributed by atoms with van der Waals surface area (Å²) in [6, 6.07) is 16.2. The Morgan fingerprint density at radius 2 is 1.78 bits per heavy atom. The van der Waals surface area contributed by atoms with E-state index in [0.717, 1.165) is 47.7 Å². The Morgan fingerprint density at radius 3 is 2.49 bits per heavy atom. The molecule has 1 N–H and O–H groups in total. The molecule has 4 aromatic rings. The molecule has 184 valence electrons. The number of pyridine rings is 1. The summed E-state index contributed by atoms with van der Waals surface area (Å²) in [5, 5.41) is 23.1. The molecule has 0 amide bonds. The number of piperidine rings is 1. The normalized spacial score (nSPS) is 21.1. The highest BCUT2D eigenvalue weighted by atomic mass is 16.5. The van der Waals surface area contributed by atoms with Gasteiger partial charge in [0.25, 0.3) is 0 Å². The lowest BCUT2D eigenvalue weighted by molar-refractivity contribution is 0.184. The molecule has 3 aromatic heterocycles. The van der Waals surface area contributed by atoms with E-state index in [2.05, 4.69) is 37.9 Å². The maximum Gasteiger partial charge on any atom is 0.167 e. The monoisotopic (exact) mass is 490 g/mol. The fraction of sp³-hybridized carbons (Fsp3) is 0.310. The number of benzene rings is 1. The predicted molar refractivity (Wildman–Crippen MR) is 135 cm³/mol. The molecule has 8 heteroatoms. The highest BCUT2D eigenvalue weighted by Gasteiger charge is 2.55. The molecule has 37 heavy (non-hydrogen) atoms. The molecular weight excluding hydrogens is 464 g/mol. The van der Waals surface area contributed by atoms with Crippen LogP contribution < -0.4 is 0 Å². The highest BCUT2D eigenvalue weighted by molar-refractivity contribution is 5.59. The Hall–Kier alpha value is -4.24. The van der Waals surface area contributed by atoms with Crippen molar-refractivity contribution >= 4 is 0 Å². The first-order chi connectivity index (χ1) is 18.1. The van der Waals surface area contributed by atoms with Crippen LogP contribution in [0.3, 0.4) is 0 Å². The van der Waals surface area contributed by atoms with Crippen LogP contribution >= 0.6 is 0 Å². The maximum atomic E-state index is 9.83. The first-order valence-electron chi connectivity index (χ1n) is 12.4. The van der Waals surface area contributed by atoms with Gasteiger partial charge in [-0.15, -0.1) is 0 Å². The Labute approximate surface area is 215 Å². The molecule has 1 saturated heterocycles. The van der Waals surface area contributed by atoms with Crippen LogP contribution in [0.15, 0.2) is 65.6 Å². The standard InChI is InChI=1S/C29H26N6O2/c1-19(36)29-31-10-11-35(29)16-24-12-28(37-33-24)22-7-4-20(5-8-22)2-3-21-6-9-23(32-14-21)15-34-17-26-25(13-30)27(26)18-34/h4-12,14,19,25-27,36H,15-18H2,1H3/t19-,25?,26?,27?/m0/s1. The number of hydrogen-bond acceptors (Lipinski definition) is 7. The number of aromatic nitrogens is 4. The Kier molecular flexibility index (Phi) is 6.05. The van der Waals surface area contributed by atoms with E-state index in [1.165, 1.54) is 0 Å². The molecule has 1 saturated carbocycles. The number of hydrogen-bond donors (Lipinski definition) is 1. The van der Waals surface area contributed by atoms with Gasteiger partial charge in [0.15, 0.2) is 5.76 Å². The molecule has 1 aliphatic heterocycles. The van der Waals surface area contributed by atoms with Gasteiger partial charge >= 0.3 is 0 Å². The number of rotatable bonds is 6. The molecule has 0 bridgehead atoms. The number of nitrogens with zero attached hydrogens (tertiary/aromatic N) is 6. The number of imidazole rings is 1. The zero-order valence-corrected chi connectivity index (χ0v) is 20.5. The van der Waals surface area contributed by atoms with Gasteiger partial charge in [-0.2, -0.15) is 5.26 Å². The summed E-state index contributed by atoms with van der Waals surface area (Å²) in [5.41, 5.74) is 4.47. The zero-order valence-electron chi connectivity index (χ0n) is 20.5. The summed E-state index contributed by atoms with van der Waals surface area (Å²) >= 11 is 0. The quantitative estimate of drug-likeness (QED) is 0.412. The molecule has 3 atom stereocenters. The lowest BCUT2D eigenvalue weighted by Gasteiger charge is -2.17. The van der Waals surface area contributed by atoms with Crippen LogP contribution in [0, 0.1) is 40.9 Å². The Balaban J connectivity index is 1.05. The molecule has 8 nitrogen and oxygen atoms in total. The van der Waals surface area contributed by atoms with Crippen LogP contribution in [-0.4, -0.2) is 42.8 Å². The van der Waals surface area contributed by atoms with Gasteiger partial charge in [-0.3, -0.25) is 9.88 Å². The SMILES string of the molecule is C[C@H](O)c1nccn1Cc1cc(-c2ccc(C#Cc3ccc(CN4CC5C(C#N)C5C4)nc3)cc2)on1. The van der Waals surface area contributed by atoms with Crippen LogP contribution in [0.1, 0.15) is 41.4 Å². The summed E-state index contributed by atoms with van der Waals surface area (Å²) in [4.78, 5) is 11.2. The van der Waals surface area contributed by atoms with E-state index in [0.29, 0.717) is 30.0 Å². The largest absolute Gasteiger partial charge is 0.385 e. The first kappa shape index (κ1) is 23.2. The van der Waals surface area contributed by atoms with Crippen molar-refractivity contribution in [3.8, 4) is 29.2 Å². The summed E-state index contributed by atoms with van der Waals surface area (Å²) in [7, 11) is 0. The number of aliphatic hydroxyl groups excluding tert-OH is 1. The fourth-order valence-electron chi connectivity index (χ4n) is 5.14. The lowest BCUT2D eigenvalue weighted by Crippen LogP contribution is -2.24. The molecule has 0 radical (unpaired) electrons. The molecular formula is C29H26N6O2. The van der Waals surface area contributed by atoms with Crippen molar-refractivity contribution in [2.75, 3.05) is 13.1 Å². The third-order valence-corrected chi connectivity index (χ3v) is 7.16. The van der Waals surface area contributed by atoms with Crippen LogP contribution in [0.5, 0.6) is 0 Å². The summed E-state index contributed by atoms with van der Waals surface area (Å²) in [6.07, 6.45) is 4.65. The van der Waals surface area contributed by atoms with E-state index >= 15 is 0 Å². The number of likely N-dealkylation sites (tertiary alicyclic amines) is 1. The molecule has 1 aromatic carbocycles. The second-order valence-corrected chi connectivity index (χ2v) is 9.81. The number of nitriles is 1. The number of fused-ring (bicyclic) bond motifs is 1. The smallest absolute Gasteiger partial charge is 0.167 e. The zero-order chi connectivity index (χ0) is 25.4. The highest BCUT2D eigenvalue weighted by Crippen LogP contribution is 2.51. The Morgan fingerprint density at radius 1 is 1.03 bits per heavy atom. The lowest BCUT2D eigenvalue weighted by atomic mass is 10.1. The van der Waals surface area contributed by atoms with Crippen molar-refractivity contribution in [1.29, 1.82) is 5.26 Å². The molecule has 4 heterocycles. The van der Waals surface area contributed by atoms with Gasteiger partial charge in [-0.1, -0.05) is 17.0 Å². The van der Waals surface area contributed by atoms with Crippen LogP contribution in [0.4, 0.5) is 0 Å². The second kappa shape index (κ2) is 9.67. The van der Waals surface area contributed by atoms with Crippen molar-refractivity contribution in [2.24, 2.45) is 17.8 Å². The van der Waals surface area contributed by atoms with Gasteiger partial charge in [0.05, 0.1) is 24.2 Å². The van der Waals surface area contributed by atoms with Gasteiger partial charge in [-0.05, 0) is 55.2 Å². The van der Waals surface area contributed by atoms with Crippen LogP contribution in [0.2, 0.25) is 0 Å². The van der Waals surface area contributed by atoms with Crippen molar-refractivity contribution in [1.82, 2.24) is 24.6 Å². The number of aliphatic hydroxyl groups is 1. The third-order valence-electron chi connectivity index (χ3n) is 7.16. The molecule has 2 aliphatic rings. The minimum Gasteiger partial charge on any atom is -0.385 e. The van der Waals surface area contributed by atoms with E-state index in [1.807, 2.05) is 59.4 Å². The van der Waals surface area contributed by atoms with Gasteiger partial charge in [0.1, 0.15) is 17.6 Å². The average molecular weight is 491 g/mol. The van der Waals surface area contributed by atoms with Crippen LogP contribution in [0.25, 0.3) is 11.3 Å². The summed E-state index contributed by atoms with van der Waals surface area (Å²) in [5.74, 6) is 9.06. The van der Waals surface area contributed by atoms with E-state index in [4.69, 9.17) is 9.78 Å². The van der Waals surface area contributed by atoms with Crippen molar-refractivity contribution in [3.05, 3.63) is 89.4 Å². The molecule has 6 rings (SSSR count). The van der Waals surface area contributed by atoms with Gasteiger partial charge < -0.3 is 14.2 Å². The second-order valence-electron chi connectivity index (χ2n) is 9.81. The van der Waals surface area contributed by atoms with Crippen LogP contribution in [-0.2, 0) is 13.1 Å². The van der Waals surface area contributed by atoms with Gasteiger partial charge in [-0.25, -0.2) is 4.98 Å². The van der Waals surface area contributed by atoms with Gasteiger partial charge in [0.2, 0.25) is 0 Å². The van der Waals surface area contributed by atoms with E-state index in [9.17, 15) is 5.11 Å². The predicted octanol–water partition coefficient (Wildman–Crippen LogP) is 3.64. The van der Waals surface area contributed by atoms with Crippen molar-refractivity contribution < 1.29 is 9.63 Å². The van der Waals surface area contributed by atoms with Crippen molar-refractivity contribution in [2.45, 2.75) is 26.1 Å². The fourth-order valence-corrected chi connectivity index (χ4v) is 5.14. The third kappa shape index (κ3) is 4.90. The minimum absolute atomic E-state index is 0.280. The summed E-state index contributed by atoms with van der Waals surface area (Å²) in [6.45, 7) is 5.00. The Bertz CT molecular complexity index is 1490. The van der Waals surface area contributed by atoms with Gasteiger partial charge in [0, 0.05) is 61.0 Å². The maximum absolute atomic E-state index is 9.83. The first-order valence-corrected chi connectivity index (χ1v) is 12.4. The summed E-state index contributed by atoms with van der Waals surface area (Å²) < 4.78 is 7.39. The van der Waals surface area contributed by atoms with E-state index in [-0.39, 0.29) is 5.92 Å². The molecule has 0 spiro atoms. The van der Waals surface area contributed by atoms with E-state index < -0.39 is 6.10 Å². The molecule has 2 unspecified atom stereocenters. The topological polar surface area (TPSA) is 104 Å². The van der Waals surface area contributed by atoms with Crippen molar-refractivity contribution in [3.63, 3.8) is 0 Å². The molecule has 2 fully saturated rings. The minimum atomic E-state index is -0.650. The molecule has 1 aliphatic carbocycles. The average Bonchev–Trinajstić information content (AvgIpc) is 3.38. The van der Waals surface area contributed by atoms with E-state index in [1.54, 1.807) is 13.1 Å².